The fourth-order valence-corrected chi connectivity index (χ4v) is 2.20. The normalized spacial score (nSPS) is 11.6. The van der Waals surface area contributed by atoms with Crippen molar-refractivity contribution in [1.29, 1.82) is 5.26 Å². The van der Waals surface area contributed by atoms with E-state index in [2.05, 4.69) is 32.2 Å². The molecule has 18 heavy (non-hydrogen) atoms. The summed E-state index contributed by atoms with van der Waals surface area (Å²) in [6.07, 6.45) is 1.59. The number of benzene rings is 1. The van der Waals surface area contributed by atoms with Crippen LogP contribution in [0.3, 0.4) is 0 Å². The van der Waals surface area contributed by atoms with Gasteiger partial charge in [-0.3, -0.25) is 0 Å². The maximum atomic E-state index is 9.29. The van der Waals surface area contributed by atoms with Gasteiger partial charge in [0, 0.05) is 6.20 Å². The zero-order valence-corrected chi connectivity index (χ0v) is 11.3. The molecular weight excluding hydrogens is 294 g/mol. The van der Waals surface area contributed by atoms with Crippen LogP contribution in [0, 0.1) is 11.3 Å². The average Bonchev–Trinajstić information content (AvgIpc) is 2.41. The Kier molecular flexibility index (Phi) is 3.90. The van der Waals surface area contributed by atoms with Crippen LogP contribution in [-0.2, 0) is 0 Å². The number of methoxy groups -OCH3 is 1. The minimum absolute atomic E-state index is 0.430. The first-order chi connectivity index (χ1) is 8.76. The third-order valence-corrected chi connectivity index (χ3v) is 3.15. The fraction of sp³-hybridized carbons (Fsp3) is 0.154. The van der Waals surface area contributed by atoms with Gasteiger partial charge in [0.2, 0.25) is 0 Å². The van der Waals surface area contributed by atoms with Crippen LogP contribution in [0.15, 0.2) is 41.0 Å². The van der Waals surface area contributed by atoms with Crippen molar-refractivity contribution in [2.75, 3.05) is 7.11 Å². The van der Waals surface area contributed by atoms with Crippen LogP contribution in [0.2, 0.25) is 0 Å². The first-order valence-corrected chi connectivity index (χ1v) is 6.06. The Morgan fingerprint density at radius 2 is 2.22 bits per heavy atom. The van der Waals surface area contributed by atoms with Gasteiger partial charge >= 0.3 is 0 Å². The molecule has 1 aromatic carbocycles. The van der Waals surface area contributed by atoms with Crippen molar-refractivity contribution in [3.63, 3.8) is 0 Å². The van der Waals surface area contributed by atoms with E-state index < -0.39 is 5.92 Å². The van der Waals surface area contributed by atoms with Crippen molar-refractivity contribution in [2.45, 2.75) is 5.92 Å². The van der Waals surface area contributed by atoms with Crippen LogP contribution in [0.1, 0.15) is 17.2 Å². The van der Waals surface area contributed by atoms with Gasteiger partial charge in [-0.2, -0.15) is 15.5 Å². The molecular formula is C13H10BrN3O. The Morgan fingerprint density at radius 3 is 2.78 bits per heavy atom. The lowest BCUT2D eigenvalue weighted by atomic mass is 9.97. The smallest absolute Gasteiger partial charge is 0.133 e. The molecule has 0 saturated carbocycles. The molecule has 0 bridgehead atoms. The third-order valence-electron chi connectivity index (χ3n) is 2.53. The Balaban J connectivity index is 2.41. The number of aromatic nitrogens is 2. The molecule has 0 spiro atoms. The van der Waals surface area contributed by atoms with Gasteiger partial charge in [-0.25, -0.2) is 0 Å². The predicted octanol–water partition coefficient (Wildman–Crippen LogP) is 2.90. The molecule has 1 heterocycles. The maximum Gasteiger partial charge on any atom is 0.133 e. The second kappa shape index (κ2) is 5.61. The molecule has 2 rings (SSSR count). The predicted molar refractivity (Wildman–Crippen MR) is 70.2 cm³/mol. The van der Waals surface area contributed by atoms with Gasteiger partial charge in [0.25, 0.3) is 0 Å². The van der Waals surface area contributed by atoms with E-state index in [-0.39, 0.29) is 0 Å². The van der Waals surface area contributed by atoms with Crippen LogP contribution in [0.4, 0.5) is 0 Å². The van der Waals surface area contributed by atoms with Gasteiger partial charge in [0.15, 0.2) is 0 Å². The highest BCUT2D eigenvalue weighted by Crippen LogP contribution is 2.30. The van der Waals surface area contributed by atoms with Gasteiger partial charge in [-0.05, 0) is 45.8 Å². The molecule has 1 unspecified atom stereocenters. The molecule has 4 nitrogen and oxygen atoms in total. The standard InChI is InChI=1S/C13H10BrN3O/c1-18-13-5-4-9(7-11(13)14)10(8-15)12-3-2-6-16-17-12/h2-7,10H,1H3. The lowest BCUT2D eigenvalue weighted by Crippen LogP contribution is -2.02. The van der Waals surface area contributed by atoms with Gasteiger partial charge in [0.05, 0.1) is 23.3 Å². The molecule has 0 amide bonds. The lowest BCUT2D eigenvalue weighted by molar-refractivity contribution is 0.412. The molecule has 0 saturated heterocycles. The Hall–Kier alpha value is -1.93. The van der Waals surface area contributed by atoms with E-state index in [1.54, 1.807) is 25.4 Å². The second-order valence-corrected chi connectivity index (χ2v) is 4.46. The molecule has 1 atom stereocenters. The molecule has 0 aliphatic rings. The SMILES string of the molecule is COc1ccc(C(C#N)c2cccnn2)cc1Br. The average molecular weight is 304 g/mol. The highest BCUT2D eigenvalue weighted by molar-refractivity contribution is 9.10. The van der Waals surface area contributed by atoms with E-state index in [9.17, 15) is 5.26 Å². The summed E-state index contributed by atoms with van der Waals surface area (Å²) in [5, 5.41) is 17.1. The van der Waals surface area contributed by atoms with Crippen molar-refractivity contribution in [2.24, 2.45) is 0 Å². The Bertz CT molecular complexity index is 581. The Labute approximate surface area is 113 Å². The number of hydrogen-bond donors (Lipinski definition) is 0. The number of hydrogen-bond acceptors (Lipinski definition) is 4. The van der Waals surface area contributed by atoms with Gasteiger partial charge in [-0.15, -0.1) is 0 Å². The van der Waals surface area contributed by atoms with E-state index >= 15 is 0 Å². The van der Waals surface area contributed by atoms with E-state index in [1.807, 2.05) is 18.2 Å². The first-order valence-electron chi connectivity index (χ1n) is 5.27. The van der Waals surface area contributed by atoms with Gasteiger partial charge in [0.1, 0.15) is 11.7 Å². The van der Waals surface area contributed by atoms with E-state index in [0.29, 0.717) is 5.69 Å². The second-order valence-electron chi connectivity index (χ2n) is 3.60. The minimum atomic E-state index is -0.430. The van der Waals surface area contributed by atoms with Crippen molar-refractivity contribution < 1.29 is 4.74 Å². The molecule has 0 aliphatic heterocycles. The van der Waals surface area contributed by atoms with Crippen LogP contribution >= 0.6 is 15.9 Å². The maximum absolute atomic E-state index is 9.29. The molecule has 0 aliphatic carbocycles. The summed E-state index contributed by atoms with van der Waals surface area (Å²) in [6.45, 7) is 0. The van der Waals surface area contributed by atoms with Crippen molar-refractivity contribution in [3.05, 3.63) is 52.3 Å². The lowest BCUT2D eigenvalue weighted by Gasteiger charge is -2.10. The number of nitrogens with zero attached hydrogens (tertiary/aromatic N) is 3. The quantitative estimate of drug-likeness (QED) is 0.875. The number of rotatable bonds is 3. The summed E-state index contributed by atoms with van der Waals surface area (Å²) in [6, 6.07) is 11.3. The number of nitriles is 1. The van der Waals surface area contributed by atoms with Crippen LogP contribution in [0.5, 0.6) is 5.75 Å². The molecule has 2 aromatic rings. The number of ether oxygens (including phenoxy) is 1. The molecule has 0 fully saturated rings. The summed E-state index contributed by atoms with van der Waals surface area (Å²) in [4.78, 5) is 0. The van der Waals surface area contributed by atoms with Crippen molar-refractivity contribution in [3.8, 4) is 11.8 Å². The number of halogens is 1. The molecule has 0 N–H and O–H groups in total. The fourth-order valence-electron chi connectivity index (χ4n) is 1.64. The van der Waals surface area contributed by atoms with E-state index in [0.717, 1.165) is 15.8 Å². The zero-order chi connectivity index (χ0) is 13.0. The van der Waals surface area contributed by atoms with Gasteiger partial charge < -0.3 is 4.74 Å². The van der Waals surface area contributed by atoms with Gasteiger partial charge in [-0.1, -0.05) is 6.07 Å². The highest BCUT2D eigenvalue weighted by atomic mass is 79.9. The summed E-state index contributed by atoms with van der Waals surface area (Å²) in [5.74, 6) is 0.301. The van der Waals surface area contributed by atoms with Crippen LogP contribution < -0.4 is 4.74 Å². The topological polar surface area (TPSA) is 58.8 Å². The first kappa shape index (κ1) is 12.5. The van der Waals surface area contributed by atoms with E-state index in [1.165, 1.54) is 0 Å². The third kappa shape index (κ3) is 2.49. The van der Waals surface area contributed by atoms with Crippen LogP contribution in [-0.4, -0.2) is 17.3 Å². The molecule has 90 valence electrons. The summed E-state index contributed by atoms with van der Waals surface area (Å²) in [7, 11) is 1.60. The molecule has 1 aromatic heterocycles. The zero-order valence-electron chi connectivity index (χ0n) is 9.67. The molecule has 5 heteroatoms. The molecule has 0 radical (unpaired) electrons. The van der Waals surface area contributed by atoms with Crippen molar-refractivity contribution >= 4 is 15.9 Å². The Morgan fingerprint density at radius 1 is 1.39 bits per heavy atom. The van der Waals surface area contributed by atoms with Crippen molar-refractivity contribution in [1.82, 2.24) is 10.2 Å². The summed E-state index contributed by atoms with van der Waals surface area (Å²) < 4.78 is 5.97. The summed E-state index contributed by atoms with van der Waals surface area (Å²) >= 11 is 3.41. The highest BCUT2D eigenvalue weighted by Gasteiger charge is 2.16. The monoisotopic (exact) mass is 303 g/mol. The minimum Gasteiger partial charge on any atom is -0.496 e. The van der Waals surface area contributed by atoms with Crippen LogP contribution in [0.25, 0.3) is 0 Å². The largest absolute Gasteiger partial charge is 0.496 e. The van der Waals surface area contributed by atoms with E-state index in [4.69, 9.17) is 4.74 Å². The summed E-state index contributed by atoms with van der Waals surface area (Å²) in [5.41, 5.74) is 1.49.